The summed E-state index contributed by atoms with van der Waals surface area (Å²) >= 11 is 1.36. The second kappa shape index (κ2) is 20.2. The molecule has 0 aliphatic rings. The second-order valence-electron chi connectivity index (χ2n) is 9.58. The van der Waals surface area contributed by atoms with Gasteiger partial charge in [0.15, 0.2) is 0 Å². The van der Waals surface area contributed by atoms with E-state index in [1.807, 2.05) is 0 Å². The molecule has 6 aromatic carbocycles. The van der Waals surface area contributed by atoms with Crippen LogP contribution in [0.5, 0.6) is 0 Å². The van der Waals surface area contributed by atoms with Crippen LogP contribution in [0.2, 0.25) is 0 Å². The molecule has 0 aliphatic heterocycles. The number of aryl methyl sites for hydroxylation is 2. The summed E-state index contributed by atoms with van der Waals surface area (Å²) in [6.45, 7) is 7.53. The van der Waals surface area contributed by atoms with E-state index in [9.17, 15) is 0 Å². The molecule has 0 aromatic heterocycles. The van der Waals surface area contributed by atoms with Crippen LogP contribution in [0.4, 0.5) is 0 Å². The van der Waals surface area contributed by atoms with E-state index in [1.54, 1.807) is 0 Å². The fourth-order valence-corrected chi connectivity index (χ4v) is 5.20. The first kappa shape index (κ1) is 39.2. The van der Waals surface area contributed by atoms with Crippen LogP contribution < -0.4 is 0 Å². The summed E-state index contributed by atoms with van der Waals surface area (Å²) < 4.78 is 0. The zero-order chi connectivity index (χ0) is 26.7. The Morgan fingerprint density at radius 1 is 0.500 bits per heavy atom. The summed E-state index contributed by atoms with van der Waals surface area (Å²) in [5.41, 5.74) is 8.20. The van der Waals surface area contributed by atoms with Gasteiger partial charge in [0.05, 0.1) is 0 Å². The summed E-state index contributed by atoms with van der Waals surface area (Å²) in [6.07, 6.45) is 4.75. The molecular formula is C40H46SiZr-6. The molecule has 6 rings (SSSR count). The van der Waals surface area contributed by atoms with Gasteiger partial charge in [0.2, 0.25) is 0 Å². The van der Waals surface area contributed by atoms with E-state index in [-0.39, 0.29) is 29.7 Å². The zero-order valence-electron chi connectivity index (χ0n) is 26.4. The van der Waals surface area contributed by atoms with Crippen molar-refractivity contribution in [2.75, 3.05) is 0 Å². The van der Waals surface area contributed by atoms with Gasteiger partial charge in [-0.25, -0.2) is 0 Å². The van der Waals surface area contributed by atoms with Crippen molar-refractivity contribution < 1.29 is 23.3 Å². The van der Waals surface area contributed by atoms with E-state index in [4.69, 9.17) is 0 Å². The molecule has 220 valence electrons. The maximum atomic E-state index is 3.06. The van der Waals surface area contributed by atoms with Crippen LogP contribution >= 0.6 is 0 Å². The Morgan fingerprint density at radius 3 is 1.19 bits per heavy atom. The third-order valence-electron chi connectivity index (χ3n) is 6.87. The van der Waals surface area contributed by atoms with Crippen molar-refractivity contribution in [3.63, 3.8) is 0 Å². The third-order valence-corrected chi connectivity index (χ3v) is 6.87. The van der Waals surface area contributed by atoms with Gasteiger partial charge in [-0.1, -0.05) is 111 Å². The monoisotopic (exact) mass is 644 g/mol. The van der Waals surface area contributed by atoms with E-state index >= 15 is 0 Å². The van der Waals surface area contributed by atoms with Gasteiger partial charge in [-0.15, -0.1) is 69.1 Å². The van der Waals surface area contributed by atoms with Crippen LogP contribution in [0.25, 0.3) is 43.8 Å². The van der Waals surface area contributed by atoms with Crippen LogP contribution in [0.3, 0.4) is 0 Å². The van der Waals surface area contributed by atoms with Crippen LogP contribution in [0.15, 0.2) is 121 Å². The molecule has 2 heteroatoms. The van der Waals surface area contributed by atoms with Crippen LogP contribution in [0.1, 0.15) is 37.8 Å². The standard InChI is InChI=1S/2C18H17.4CH3.Si.Zr/c2*1-2-7-14-12-16-10-6-11-17(18(16)13-14)15-8-4-3-5-9-15;;;;;;/h2*3-6,8-13H,2,7H2,1H3;4*1H3;;/q6*-1;;. The molecule has 2 radical (unpaired) electrons. The minimum absolute atomic E-state index is 0. The van der Waals surface area contributed by atoms with Gasteiger partial charge in [-0.3, -0.25) is 0 Å². The fourth-order valence-electron chi connectivity index (χ4n) is 5.20. The predicted octanol–water partition coefficient (Wildman–Crippen LogP) is 11.8. The van der Waals surface area contributed by atoms with E-state index in [0.29, 0.717) is 0 Å². The molecule has 0 bridgehead atoms. The molecule has 0 fully saturated rings. The normalized spacial score (nSPS) is 9.45. The number of fused-ring (bicyclic) bond motifs is 2. The summed E-state index contributed by atoms with van der Waals surface area (Å²) in [4.78, 5) is 0. The molecule has 0 heterocycles. The molecule has 0 saturated heterocycles. The van der Waals surface area contributed by atoms with Gasteiger partial charge in [-0.2, -0.15) is 12.1 Å². The molecule has 0 atom stereocenters. The van der Waals surface area contributed by atoms with Crippen molar-refractivity contribution in [2.45, 2.75) is 39.5 Å². The van der Waals surface area contributed by atoms with Gasteiger partial charge in [0, 0.05) is 0 Å². The van der Waals surface area contributed by atoms with Crippen molar-refractivity contribution in [3.8, 4) is 22.3 Å². The molecular weight excluding hydrogens is 600 g/mol. The Labute approximate surface area is 274 Å². The van der Waals surface area contributed by atoms with Gasteiger partial charge in [-0.05, 0) is 24.0 Å². The Balaban J connectivity index is 0.000000694. The summed E-state index contributed by atoms with van der Waals surface area (Å²) in [5, 5.41) is 5.49. The average Bonchev–Trinajstić information content (AvgIpc) is 3.59. The SMILES string of the molecule is CCCc1cc2c(-c3ccccc3)cccc2[cH-]1.CCCc1cc2c(-c3ccccc3)cccc2[cH-]1.[CH3-].[CH3-].[CH3-].[CH3-].[Si]=[Zr]. The third kappa shape index (κ3) is 9.62. The number of hydrogen-bond acceptors (Lipinski definition) is 0. The molecule has 6 aromatic rings. The van der Waals surface area contributed by atoms with Crippen LogP contribution in [0, 0.1) is 29.7 Å². The molecule has 0 saturated carbocycles. The first-order valence-electron chi connectivity index (χ1n) is 13.5. The summed E-state index contributed by atoms with van der Waals surface area (Å²) in [6, 6.07) is 43.8. The Kier molecular flexibility index (Phi) is 18.8. The van der Waals surface area contributed by atoms with Gasteiger partial charge >= 0.3 is 30.2 Å². The van der Waals surface area contributed by atoms with Gasteiger partial charge < -0.3 is 29.7 Å². The van der Waals surface area contributed by atoms with E-state index in [1.165, 1.54) is 104 Å². The maximum absolute atomic E-state index is 3.06. The molecule has 0 aliphatic carbocycles. The zero-order valence-corrected chi connectivity index (χ0v) is 29.8. The minimum atomic E-state index is 0. The van der Waals surface area contributed by atoms with Gasteiger partial charge in [0.25, 0.3) is 0 Å². The molecule has 0 nitrogen and oxygen atoms in total. The topological polar surface area (TPSA) is 0 Å². The molecule has 0 N–H and O–H groups in total. The fraction of sp³-hybridized carbons (Fsp3) is 0.150. The summed E-state index contributed by atoms with van der Waals surface area (Å²) in [7, 11) is 0. The average molecular weight is 646 g/mol. The number of rotatable bonds is 6. The molecule has 0 unspecified atom stereocenters. The van der Waals surface area contributed by atoms with Gasteiger partial charge in [0.1, 0.15) is 0 Å². The first-order valence-corrected chi connectivity index (χ1v) is 17.7. The van der Waals surface area contributed by atoms with Crippen molar-refractivity contribution in [2.24, 2.45) is 0 Å². The number of hydrogen-bond donors (Lipinski definition) is 0. The molecule has 42 heavy (non-hydrogen) atoms. The van der Waals surface area contributed by atoms with E-state index in [2.05, 4.69) is 142 Å². The van der Waals surface area contributed by atoms with Crippen molar-refractivity contribution in [1.82, 2.24) is 0 Å². The van der Waals surface area contributed by atoms with Crippen molar-refractivity contribution in [1.29, 1.82) is 0 Å². The van der Waals surface area contributed by atoms with Crippen molar-refractivity contribution >= 4 is 28.4 Å². The summed E-state index contributed by atoms with van der Waals surface area (Å²) in [5.74, 6) is 0. The van der Waals surface area contributed by atoms with E-state index in [0.717, 1.165) is 0 Å². The van der Waals surface area contributed by atoms with E-state index < -0.39 is 0 Å². The Morgan fingerprint density at radius 2 is 0.857 bits per heavy atom. The second-order valence-corrected chi connectivity index (χ2v) is 9.58. The quantitative estimate of drug-likeness (QED) is 0.125. The van der Waals surface area contributed by atoms with Crippen LogP contribution in [-0.2, 0) is 36.2 Å². The van der Waals surface area contributed by atoms with Crippen molar-refractivity contribution in [3.05, 3.63) is 162 Å². The Hall–Kier alpha value is -2.80. The number of benzene rings is 4. The molecule has 0 spiro atoms. The molecule has 0 amide bonds. The Bertz CT molecular complexity index is 1440. The van der Waals surface area contributed by atoms with Crippen LogP contribution in [-0.4, -0.2) is 6.88 Å². The predicted molar refractivity (Wildman–Crippen MR) is 189 cm³/mol. The first-order chi connectivity index (χ1) is 18.8.